The van der Waals surface area contributed by atoms with Crippen LogP contribution in [0.1, 0.15) is 5.56 Å². The van der Waals surface area contributed by atoms with Gasteiger partial charge in [0.1, 0.15) is 0 Å². The third-order valence-corrected chi connectivity index (χ3v) is 5.93. The molecule has 2 heterocycles. The average molecular weight is 354 g/mol. The van der Waals surface area contributed by atoms with Crippen LogP contribution in [0.2, 0.25) is 0 Å². The van der Waals surface area contributed by atoms with Gasteiger partial charge in [-0.15, -0.1) is 0 Å². The molecule has 0 bridgehead atoms. The number of hydrogen-bond donors (Lipinski definition) is 2. The third-order valence-electron chi connectivity index (χ3n) is 4.74. The molecule has 0 aromatic heterocycles. The van der Waals surface area contributed by atoms with E-state index in [-0.39, 0.29) is 0 Å². The number of fused-ring (bicyclic) bond motifs is 5. The summed E-state index contributed by atoms with van der Waals surface area (Å²) in [5.74, 6) is 0. The minimum Gasteiger partial charge on any atom is -0.355 e. The molecule has 0 aliphatic carbocycles. The Morgan fingerprint density at radius 1 is 0.885 bits per heavy atom. The Hall–Kier alpha value is -2.91. The summed E-state index contributed by atoms with van der Waals surface area (Å²) >= 11 is 1.82. The third kappa shape index (κ3) is 2.61. The lowest BCUT2D eigenvalue weighted by atomic mass is 10.1. The Morgan fingerprint density at radius 2 is 1.73 bits per heavy atom. The zero-order valence-electron chi connectivity index (χ0n) is 14.3. The molecule has 0 spiro atoms. The van der Waals surface area contributed by atoms with E-state index in [2.05, 4.69) is 77.9 Å². The average Bonchev–Trinajstić information content (AvgIpc) is 2.74. The summed E-state index contributed by atoms with van der Waals surface area (Å²) in [7, 11) is 0. The van der Waals surface area contributed by atoms with Gasteiger partial charge in [-0.05, 0) is 47.0 Å². The van der Waals surface area contributed by atoms with Crippen LogP contribution in [0, 0.1) is 0 Å². The van der Waals surface area contributed by atoms with Crippen molar-refractivity contribution < 1.29 is 0 Å². The van der Waals surface area contributed by atoms with E-state index in [0.717, 1.165) is 23.5 Å². The van der Waals surface area contributed by atoms with Crippen LogP contribution >= 0.6 is 11.8 Å². The van der Waals surface area contributed by atoms with Gasteiger partial charge in [-0.2, -0.15) is 0 Å². The second-order valence-corrected chi connectivity index (χ2v) is 7.59. The highest BCUT2D eigenvalue weighted by Crippen LogP contribution is 2.50. The molecular formula is C23H18N2S. The smallest absolute Gasteiger partial charge is 0.0596 e. The number of nitrogens with one attached hydrogen (secondary N) is 2. The zero-order valence-corrected chi connectivity index (χ0v) is 15.1. The maximum atomic E-state index is 4.13. The van der Waals surface area contributed by atoms with Crippen molar-refractivity contribution in [2.45, 2.75) is 16.2 Å². The van der Waals surface area contributed by atoms with E-state index >= 15 is 0 Å². The van der Waals surface area contributed by atoms with E-state index in [1.807, 2.05) is 23.9 Å². The Bertz CT molecular complexity index is 1110. The molecule has 2 nitrogen and oxygen atoms in total. The first kappa shape index (κ1) is 15.4. The van der Waals surface area contributed by atoms with Crippen LogP contribution in [0.3, 0.4) is 0 Å². The Kier molecular flexibility index (Phi) is 3.61. The van der Waals surface area contributed by atoms with Crippen LogP contribution in [0.15, 0.2) is 94.9 Å². The van der Waals surface area contributed by atoms with Crippen LogP contribution in [0.5, 0.6) is 0 Å². The van der Waals surface area contributed by atoms with Crippen LogP contribution < -0.4 is 10.6 Å². The summed E-state index contributed by atoms with van der Waals surface area (Å²) in [6, 6.07) is 17.4. The van der Waals surface area contributed by atoms with Crippen LogP contribution in [0.25, 0.3) is 10.8 Å². The first-order chi connectivity index (χ1) is 12.8. The number of benzene rings is 3. The molecule has 0 saturated heterocycles. The fourth-order valence-corrected chi connectivity index (χ4v) is 4.58. The van der Waals surface area contributed by atoms with Crippen molar-refractivity contribution in [1.82, 2.24) is 0 Å². The maximum Gasteiger partial charge on any atom is 0.0596 e. The highest BCUT2D eigenvalue weighted by atomic mass is 32.2. The molecule has 0 amide bonds. The van der Waals surface area contributed by atoms with Crippen LogP contribution in [-0.2, 0) is 6.42 Å². The van der Waals surface area contributed by atoms with E-state index in [1.165, 1.54) is 31.8 Å². The van der Waals surface area contributed by atoms with Crippen molar-refractivity contribution in [2.24, 2.45) is 0 Å². The molecule has 0 radical (unpaired) electrons. The van der Waals surface area contributed by atoms with Gasteiger partial charge >= 0.3 is 0 Å². The lowest BCUT2D eigenvalue weighted by Gasteiger charge is -2.26. The van der Waals surface area contributed by atoms with E-state index in [0.29, 0.717) is 0 Å². The number of rotatable bonds is 0. The molecule has 26 heavy (non-hydrogen) atoms. The summed E-state index contributed by atoms with van der Waals surface area (Å²) in [6.07, 6.45) is 9.20. The van der Waals surface area contributed by atoms with Gasteiger partial charge in [0, 0.05) is 10.6 Å². The van der Waals surface area contributed by atoms with Crippen molar-refractivity contribution in [1.29, 1.82) is 0 Å². The standard InChI is InChI=1S/C23H18N2S/c1-15-7-3-2-4-8-16-11-12-19-23(22(16)24-15)26-21-14-18-10-6-5-9-17(18)13-20(21)25-19/h2-7,9-14,24-25H,1,8H2/b4-2-,7-3-. The molecule has 3 aromatic carbocycles. The lowest BCUT2D eigenvalue weighted by Crippen LogP contribution is -2.06. The largest absolute Gasteiger partial charge is 0.355 e. The summed E-state index contributed by atoms with van der Waals surface area (Å²) in [6.45, 7) is 4.13. The molecule has 3 heteroatoms. The number of hydrogen-bond acceptors (Lipinski definition) is 3. The highest BCUT2D eigenvalue weighted by molar-refractivity contribution is 8.00. The Labute approximate surface area is 157 Å². The van der Waals surface area contributed by atoms with E-state index in [1.54, 1.807) is 0 Å². The molecule has 2 N–H and O–H groups in total. The monoisotopic (exact) mass is 354 g/mol. The van der Waals surface area contributed by atoms with E-state index in [9.17, 15) is 0 Å². The normalized spacial score (nSPS) is 17.5. The molecule has 126 valence electrons. The molecule has 0 saturated carbocycles. The molecule has 5 rings (SSSR count). The predicted molar refractivity (Wildman–Crippen MR) is 113 cm³/mol. The first-order valence-corrected chi connectivity index (χ1v) is 9.52. The van der Waals surface area contributed by atoms with Crippen molar-refractivity contribution in [3.63, 3.8) is 0 Å². The van der Waals surface area contributed by atoms with Gasteiger partial charge < -0.3 is 10.6 Å². The van der Waals surface area contributed by atoms with E-state index < -0.39 is 0 Å². The Morgan fingerprint density at radius 3 is 2.62 bits per heavy atom. The van der Waals surface area contributed by atoms with Crippen molar-refractivity contribution in [3.8, 4) is 0 Å². The first-order valence-electron chi connectivity index (χ1n) is 8.71. The molecule has 0 fully saturated rings. The summed E-state index contributed by atoms with van der Waals surface area (Å²) < 4.78 is 0. The second kappa shape index (κ2) is 6.11. The van der Waals surface area contributed by atoms with Crippen molar-refractivity contribution >= 4 is 39.6 Å². The molecule has 2 aliphatic heterocycles. The molecule has 2 aliphatic rings. The Balaban J connectivity index is 1.64. The second-order valence-electron chi connectivity index (χ2n) is 6.54. The van der Waals surface area contributed by atoms with Gasteiger partial charge in [0.2, 0.25) is 0 Å². The van der Waals surface area contributed by atoms with Crippen LogP contribution in [-0.4, -0.2) is 0 Å². The van der Waals surface area contributed by atoms with Crippen molar-refractivity contribution in [3.05, 3.63) is 90.7 Å². The van der Waals surface area contributed by atoms with Gasteiger partial charge in [-0.1, -0.05) is 66.9 Å². The van der Waals surface area contributed by atoms with Crippen molar-refractivity contribution in [2.75, 3.05) is 10.6 Å². The fraction of sp³-hybridized carbons (Fsp3) is 0.0435. The van der Waals surface area contributed by atoms with Gasteiger partial charge in [-0.25, -0.2) is 0 Å². The summed E-state index contributed by atoms with van der Waals surface area (Å²) in [5.41, 5.74) is 5.64. The minimum atomic E-state index is 0.899. The van der Waals surface area contributed by atoms with E-state index in [4.69, 9.17) is 0 Å². The topological polar surface area (TPSA) is 24.1 Å². The number of anilines is 3. The number of allylic oxidation sites excluding steroid dienone is 4. The molecular weight excluding hydrogens is 336 g/mol. The zero-order chi connectivity index (χ0) is 17.5. The van der Waals surface area contributed by atoms with Gasteiger partial charge in [-0.3, -0.25) is 0 Å². The minimum absolute atomic E-state index is 0.899. The predicted octanol–water partition coefficient (Wildman–Crippen LogP) is 6.64. The fourth-order valence-electron chi connectivity index (χ4n) is 3.44. The van der Waals surface area contributed by atoms with Gasteiger partial charge in [0.25, 0.3) is 0 Å². The molecule has 0 unspecified atom stereocenters. The SMILES string of the molecule is C=C1/C=C\C=C/Cc2ccc3c(c2N1)Sc1cc2ccccc2cc1N3. The summed E-state index contributed by atoms with van der Waals surface area (Å²) in [5, 5.41) is 9.66. The van der Waals surface area contributed by atoms with Gasteiger partial charge in [0.05, 0.1) is 22.0 Å². The summed E-state index contributed by atoms with van der Waals surface area (Å²) in [4.78, 5) is 2.48. The molecule has 0 atom stereocenters. The highest BCUT2D eigenvalue weighted by Gasteiger charge is 2.21. The van der Waals surface area contributed by atoms with Crippen LogP contribution in [0.4, 0.5) is 17.1 Å². The molecule has 3 aromatic rings. The van der Waals surface area contributed by atoms with Gasteiger partial charge in [0.15, 0.2) is 0 Å². The maximum absolute atomic E-state index is 4.13. The quantitative estimate of drug-likeness (QED) is 0.370. The lowest BCUT2D eigenvalue weighted by molar-refractivity contribution is 1.21.